The number of hydrogen-bond acceptors (Lipinski definition) is 2. The van der Waals surface area contributed by atoms with Crippen molar-refractivity contribution in [1.82, 2.24) is 0 Å². The molecule has 6 heteroatoms. The summed E-state index contributed by atoms with van der Waals surface area (Å²) in [5.41, 5.74) is 1.36. The van der Waals surface area contributed by atoms with Crippen LogP contribution in [0.3, 0.4) is 0 Å². The maximum Gasteiger partial charge on any atom is 0.293 e. The van der Waals surface area contributed by atoms with Crippen molar-refractivity contribution in [2.45, 2.75) is 6.42 Å². The van der Waals surface area contributed by atoms with Gasteiger partial charge in [0.2, 0.25) is 0 Å². The highest BCUT2D eigenvalue weighted by Gasteiger charge is 2.13. The third kappa shape index (κ3) is 3.37. The van der Waals surface area contributed by atoms with E-state index in [2.05, 4.69) is 42.1 Å². The molecular formula is C13H8Br2Cl2O2. The Morgan fingerprint density at radius 1 is 0.895 bits per heavy atom. The topological polar surface area (TPSA) is 40.5 Å². The second kappa shape index (κ2) is 5.92. The van der Waals surface area contributed by atoms with E-state index in [0.717, 1.165) is 0 Å². The number of aromatic hydroxyl groups is 2. The van der Waals surface area contributed by atoms with E-state index in [1.54, 1.807) is 24.3 Å². The second-order valence-corrected chi connectivity index (χ2v) is 6.51. The lowest BCUT2D eigenvalue weighted by molar-refractivity contribution is 0.459. The maximum atomic E-state index is 7.17. The molecule has 0 radical (unpaired) electrons. The first-order valence-electron chi connectivity index (χ1n) is 6.00. The van der Waals surface area contributed by atoms with Gasteiger partial charge in [-0.25, -0.2) is 0 Å². The monoisotopic (exact) mass is 426 g/mol. The van der Waals surface area contributed by atoms with Crippen LogP contribution in [0.15, 0.2) is 33.2 Å². The van der Waals surface area contributed by atoms with Crippen LogP contribution in [0.5, 0.6) is 11.5 Å². The third-order valence-corrected chi connectivity index (χ3v) is 4.17. The van der Waals surface area contributed by atoms with Crippen molar-refractivity contribution < 1.29 is 10.2 Å². The molecule has 2 nitrogen and oxygen atoms in total. The fourth-order valence-electron chi connectivity index (χ4n) is 1.70. The van der Waals surface area contributed by atoms with Crippen molar-refractivity contribution in [2.75, 3.05) is 0 Å². The molecule has 2 N–H and O–H groups in total. The zero-order valence-corrected chi connectivity index (χ0v) is 14.0. The molecule has 0 aromatic heterocycles. The highest BCUT2D eigenvalue weighted by atomic mass is 79.9. The number of benzene rings is 2. The first kappa shape index (κ1) is 12.3. The third-order valence-electron chi connectivity index (χ3n) is 2.55. The van der Waals surface area contributed by atoms with Crippen molar-refractivity contribution >= 4 is 55.1 Å². The zero-order valence-electron chi connectivity index (χ0n) is 11.3. The van der Waals surface area contributed by atoms with Gasteiger partial charge in [-0.15, -0.1) is 0 Å². The average molecular weight is 429 g/mol. The number of halogens is 4. The smallest absolute Gasteiger partial charge is 0.293 e. The lowest BCUT2D eigenvalue weighted by Gasteiger charge is -2.10. The molecule has 0 saturated heterocycles. The Balaban J connectivity index is 2.52. The van der Waals surface area contributed by atoms with Gasteiger partial charge in [-0.05, 0) is 56.1 Å². The van der Waals surface area contributed by atoms with Gasteiger partial charge in [0.1, 0.15) is 11.5 Å². The Morgan fingerprint density at radius 2 is 1.32 bits per heavy atom. The highest BCUT2D eigenvalue weighted by molar-refractivity contribution is 9.10. The van der Waals surface area contributed by atoms with Crippen molar-refractivity contribution in [1.29, 1.82) is 2.86 Å². The van der Waals surface area contributed by atoms with Crippen molar-refractivity contribution in [2.24, 2.45) is 0 Å². The van der Waals surface area contributed by atoms with Crippen molar-refractivity contribution in [3.05, 3.63) is 54.4 Å². The van der Waals surface area contributed by atoms with Crippen LogP contribution in [-0.2, 0) is 6.42 Å². The van der Waals surface area contributed by atoms with E-state index in [9.17, 15) is 0 Å². The van der Waals surface area contributed by atoms with Crippen LogP contribution in [0.4, 0.5) is 0 Å². The molecule has 0 unspecified atom stereocenters. The molecule has 0 fully saturated rings. The molecule has 0 aliphatic carbocycles. The minimum Gasteiger partial charge on any atom is -0.506 e. The van der Waals surface area contributed by atoms with E-state index in [-0.39, 0.29) is 0 Å². The van der Waals surface area contributed by atoms with Gasteiger partial charge in [-0.1, -0.05) is 23.2 Å². The molecular weight excluding hydrogens is 419 g/mol. The van der Waals surface area contributed by atoms with Crippen LogP contribution >= 0.6 is 55.1 Å². The van der Waals surface area contributed by atoms with E-state index in [1.807, 2.05) is 0 Å². The summed E-state index contributed by atoms with van der Waals surface area (Å²) >= 11 is 18.7. The Hall–Kier alpha value is -0.420. The first-order valence-corrected chi connectivity index (χ1v) is 7.52. The van der Waals surface area contributed by atoms with Gasteiger partial charge < -0.3 is 10.2 Å². The number of phenolic OH excluding ortho intramolecular Hbond substituents is 2. The SMILES string of the molecule is [2H]Oc1c(Br)cc(Cl)cc1Cc1cc(Cl)cc(Br)c1O[2H]. The molecule has 19 heavy (non-hydrogen) atoms. The molecule has 2 aromatic carbocycles. The Labute approximate surface area is 140 Å². The summed E-state index contributed by atoms with van der Waals surface area (Å²) in [6.07, 6.45) is 0.348. The molecule has 100 valence electrons. The largest absolute Gasteiger partial charge is 0.506 e. The summed E-state index contributed by atoms with van der Waals surface area (Å²) in [6.45, 7) is 0. The molecule has 0 bridgehead atoms. The average Bonchev–Trinajstić information content (AvgIpc) is 2.37. The van der Waals surface area contributed by atoms with Crippen LogP contribution in [0.1, 0.15) is 11.1 Å². The normalized spacial score (nSPS) is 11.8. The minimum absolute atomic E-state index is 0.348. The minimum atomic E-state index is 0.348. The summed E-state index contributed by atoms with van der Waals surface area (Å²) in [7, 11) is 0. The van der Waals surface area contributed by atoms with Crippen molar-refractivity contribution in [3.63, 3.8) is 0 Å². The molecule has 2 aromatic rings. The Bertz CT molecular complexity index is 626. The molecule has 0 amide bonds. The second-order valence-electron chi connectivity index (χ2n) is 3.93. The molecule has 0 spiro atoms. The predicted molar refractivity (Wildman–Crippen MR) is 84.4 cm³/mol. The van der Waals surface area contributed by atoms with Gasteiger partial charge in [-0.3, -0.25) is 0 Å². The summed E-state index contributed by atoms with van der Waals surface area (Å²) < 4.78 is 15.5. The van der Waals surface area contributed by atoms with E-state index in [0.29, 0.717) is 48.0 Å². The Kier molecular flexibility index (Phi) is 3.84. The lowest BCUT2D eigenvalue weighted by atomic mass is 10.0. The number of hydrogen-bond donors (Lipinski definition) is 2. The van der Waals surface area contributed by atoms with Gasteiger partial charge in [0.25, 0.3) is 2.86 Å². The summed E-state index contributed by atoms with van der Waals surface area (Å²) in [5, 5.41) is 10.3. The van der Waals surface area contributed by atoms with Gasteiger partial charge >= 0.3 is 0 Å². The van der Waals surface area contributed by atoms with Crippen molar-refractivity contribution in [3.8, 4) is 11.5 Å². The van der Waals surface area contributed by atoms with Crippen LogP contribution < -0.4 is 0 Å². The molecule has 0 aliphatic heterocycles. The highest BCUT2D eigenvalue weighted by Crippen LogP contribution is 2.37. The quantitative estimate of drug-likeness (QED) is 0.673. The van der Waals surface area contributed by atoms with E-state index in [1.165, 1.54) is 0 Å². The van der Waals surface area contributed by atoms with Crippen LogP contribution in [0.2, 0.25) is 10.0 Å². The van der Waals surface area contributed by atoms with Crippen LogP contribution in [0, 0.1) is 0 Å². The summed E-state index contributed by atoms with van der Waals surface area (Å²) in [5.74, 6) is 0.706. The maximum absolute atomic E-state index is 7.17. The fourth-order valence-corrected chi connectivity index (χ4v) is 3.44. The molecule has 2 rings (SSSR count). The van der Waals surface area contributed by atoms with Crippen LogP contribution in [0.25, 0.3) is 0 Å². The standard InChI is InChI=1S/C13H8Br2Cl2O2/c14-10-4-8(16)2-6(12(10)18)1-7-3-9(17)5-11(15)13(7)19/h2-5,18-19H,1H2/i/hD2. The van der Waals surface area contributed by atoms with E-state index >= 15 is 0 Å². The van der Waals surface area contributed by atoms with E-state index < -0.39 is 0 Å². The fraction of sp³-hybridized carbons (Fsp3) is 0.0769. The summed E-state index contributed by atoms with van der Waals surface area (Å²) in [6, 6.07) is 6.67. The zero-order chi connectivity index (χ0) is 15.6. The number of rotatable bonds is 4. The molecule has 0 atom stereocenters. The summed E-state index contributed by atoms with van der Waals surface area (Å²) in [4.78, 5) is 0. The Morgan fingerprint density at radius 3 is 1.68 bits per heavy atom. The lowest BCUT2D eigenvalue weighted by Crippen LogP contribution is -1.92. The van der Waals surface area contributed by atoms with Gasteiger partial charge in [-0.2, -0.15) is 0 Å². The van der Waals surface area contributed by atoms with Gasteiger partial charge in [0, 0.05) is 27.6 Å². The van der Waals surface area contributed by atoms with Crippen LogP contribution in [-0.4, -0.2) is 13.1 Å². The molecule has 0 aliphatic rings. The van der Waals surface area contributed by atoms with E-state index in [4.69, 9.17) is 26.1 Å². The molecule has 0 heterocycles. The van der Waals surface area contributed by atoms with Gasteiger partial charge in [0.05, 0.1) is 8.95 Å². The van der Waals surface area contributed by atoms with Gasteiger partial charge in [0.15, 0.2) is 0 Å². The predicted octanol–water partition coefficient (Wildman–Crippen LogP) is 5.52. The molecule has 0 saturated carbocycles. The number of phenols is 2. The first-order chi connectivity index (χ1) is 9.96.